The number of fused-ring (bicyclic) bond motifs is 1. The van der Waals surface area contributed by atoms with E-state index < -0.39 is 0 Å². The lowest BCUT2D eigenvalue weighted by molar-refractivity contribution is 0.102. The molecule has 2 aromatic rings. The van der Waals surface area contributed by atoms with Crippen molar-refractivity contribution in [2.24, 2.45) is 0 Å². The van der Waals surface area contributed by atoms with Crippen molar-refractivity contribution < 1.29 is 4.79 Å². The zero-order valence-electron chi connectivity index (χ0n) is 9.31. The molecule has 5 nitrogen and oxygen atoms in total. The number of nitrogens with one attached hydrogen (secondary N) is 1. The van der Waals surface area contributed by atoms with Crippen molar-refractivity contribution in [2.75, 3.05) is 5.32 Å². The van der Waals surface area contributed by atoms with E-state index in [4.69, 9.17) is 11.6 Å². The first kappa shape index (κ1) is 11.6. The summed E-state index contributed by atoms with van der Waals surface area (Å²) in [4.78, 5) is 17.5. The van der Waals surface area contributed by atoms with Crippen LogP contribution in [0.5, 0.6) is 0 Å². The fourth-order valence-corrected chi connectivity index (χ4v) is 2.99. The van der Waals surface area contributed by atoms with Gasteiger partial charge in [0.1, 0.15) is 0 Å². The summed E-state index contributed by atoms with van der Waals surface area (Å²) in [5.41, 5.74) is 1.34. The quantitative estimate of drug-likeness (QED) is 0.917. The molecule has 1 aliphatic rings. The fraction of sp³-hybridized carbons (Fsp3) is 0.273. The third-order valence-electron chi connectivity index (χ3n) is 2.68. The number of hydrogen-bond donors (Lipinski definition) is 1. The van der Waals surface area contributed by atoms with Crippen LogP contribution in [0.25, 0.3) is 0 Å². The summed E-state index contributed by atoms with van der Waals surface area (Å²) in [5, 5.41) is 11.0. The zero-order valence-corrected chi connectivity index (χ0v) is 10.9. The van der Waals surface area contributed by atoms with E-state index in [1.54, 1.807) is 0 Å². The van der Waals surface area contributed by atoms with Gasteiger partial charge in [0.15, 0.2) is 16.0 Å². The molecule has 7 heteroatoms. The monoisotopic (exact) mass is 280 g/mol. The van der Waals surface area contributed by atoms with Gasteiger partial charge < -0.3 is 0 Å². The Morgan fingerprint density at radius 3 is 2.94 bits per heavy atom. The smallest absolute Gasteiger partial charge is 0.277 e. The van der Waals surface area contributed by atoms with Gasteiger partial charge in [0, 0.05) is 4.88 Å². The van der Waals surface area contributed by atoms with Gasteiger partial charge in [0.25, 0.3) is 5.91 Å². The number of thiazole rings is 1. The molecule has 1 aliphatic carbocycles. The number of aromatic nitrogens is 3. The maximum Gasteiger partial charge on any atom is 0.277 e. The molecule has 3 rings (SSSR count). The summed E-state index contributed by atoms with van der Waals surface area (Å²) in [6.07, 6.45) is 3.22. The average molecular weight is 281 g/mol. The van der Waals surface area contributed by atoms with E-state index in [1.165, 1.54) is 28.3 Å². The average Bonchev–Trinajstić information content (AvgIpc) is 2.90. The number of carbonyl (C=O) groups is 1. The van der Waals surface area contributed by atoms with E-state index in [-0.39, 0.29) is 16.8 Å². The van der Waals surface area contributed by atoms with Crippen LogP contribution in [0.4, 0.5) is 5.13 Å². The second-order valence-corrected chi connectivity index (χ2v) is 5.41. The first-order chi connectivity index (χ1) is 8.72. The van der Waals surface area contributed by atoms with Gasteiger partial charge in [0.2, 0.25) is 0 Å². The van der Waals surface area contributed by atoms with Crippen molar-refractivity contribution in [3.63, 3.8) is 0 Å². The van der Waals surface area contributed by atoms with Crippen LogP contribution in [0.3, 0.4) is 0 Å². The highest BCUT2D eigenvalue weighted by atomic mass is 35.5. The standard InChI is InChI=1S/C11H9ClN4OS/c12-9-5-4-7(15-16-9)10(17)14-11-13-6-2-1-3-8(6)18-11/h4-5H,1-3H2,(H,13,14,17). The molecule has 18 heavy (non-hydrogen) atoms. The van der Waals surface area contributed by atoms with Crippen molar-refractivity contribution in [3.05, 3.63) is 33.6 Å². The molecule has 0 radical (unpaired) electrons. The molecule has 0 bridgehead atoms. The summed E-state index contributed by atoms with van der Waals surface area (Å²) in [5.74, 6) is -0.313. The van der Waals surface area contributed by atoms with Crippen LogP contribution in [0, 0.1) is 0 Å². The van der Waals surface area contributed by atoms with Crippen LogP contribution >= 0.6 is 22.9 Å². The third-order valence-corrected chi connectivity index (χ3v) is 3.96. The minimum absolute atomic E-state index is 0.231. The van der Waals surface area contributed by atoms with Crippen molar-refractivity contribution in [1.82, 2.24) is 15.2 Å². The van der Waals surface area contributed by atoms with Crippen molar-refractivity contribution >= 4 is 34.0 Å². The third kappa shape index (κ3) is 2.21. The molecule has 0 saturated heterocycles. The van der Waals surface area contributed by atoms with Crippen LogP contribution < -0.4 is 5.32 Å². The van der Waals surface area contributed by atoms with Crippen LogP contribution in [0.1, 0.15) is 27.5 Å². The summed E-state index contributed by atoms with van der Waals surface area (Å²) >= 11 is 7.14. The van der Waals surface area contributed by atoms with E-state index in [9.17, 15) is 4.79 Å². The van der Waals surface area contributed by atoms with Gasteiger partial charge in [-0.3, -0.25) is 10.1 Å². The SMILES string of the molecule is O=C(Nc1nc2c(s1)CCC2)c1ccc(Cl)nn1. The van der Waals surface area contributed by atoms with Gasteiger partial charge in [0.05, 0.1) is 5.69 Å². The van der Waals surface area contributed by atoms with Gasteiger partial charge in [-0.05, 0) is 31.4 Å². The molecule has 2 aromatic heterocycles. The number of rotatable bonds is 2. The zero-order chi connectivity index (χ0) is 12.5. The van der Waals surface area contributed by atoms with Gasteiger partial charge in [-0.25, -0.2) is 4.98 Å². The van der Waals surface area contributed by atoms with Crippen LogP contribution in [-0.4, -0.2) is 21.1 Å². The first-order valence-electron chi connectivity index (χ1n) is 5.51. The lowest BCUT2D eigenvalue weighted by Crippen LogP contribution is -2.14. The largest absolute Gasteiger partial charge is 0.296 e. The molecule has 0 fully saturated rings. The molecule has 0 saturated carbocycles. The first-order valence-corrected chi connectivity index (χ1v) is 6.71. The van der Waals surface area contributed by atoms with E-state index in [0.717, 1.165) is 25.0 Å². The topological polar surface area (TPSA) is 67.8 Å². The number of halogens is 1. The van der Waals surface area contributed by atoms with E-state index >= 15 is 0 Å². The second-order valence-electron chi connectivity index (χ2n) is 3.94. The molecule has 2 heterocycles. The predicted octanol–water partition coefficient (Wildman–Crippen LogP) is 2.33. The number of aryl methyl sites for hydroxylation is 2. The molecule has 0 aromatic carbocycles. The van der Waals surface area contributed by atoms with Gasteiger partial charge in [-0.1, -0.05) is 11.6 Å². The molecule has 0 unspecified atom stereocenters. The Morgan fingerprint density at radius 1 is 1.33 bits per heavy atom. The lowest BCUT2D eigenvalue weighted by Gasteiger charge is -1.99. The fourth-order valence-electron chi connectivity index (χ4n) is 1.84. The molecule has 0 spiro atoms. The molecule has 1 N–H and O–H groups in total. The molecular formula is C11H9ClN4OS. The Balaban J connectivity index is 1.75. The number of hydrogen-bond acceptors (Lipinski definition) is 5. The summed E-state index contributed by atoms with van der Waals surface area (Å²) < 4.78 is 0. The van der Waals surface area contributed by atoms with Crippen molar-refractivity contribution in [1.29, 1.82) is 0 Å². The molecular weight excluding hydrogens is 272 g/mol. The van der Waals surface area contributed by atoms with E-state index in [1.807, 2.05) is 0 Å². The van der Waals surface area contributed by atoms with Crippen molar-refractivity contribution in [2.45, 2.75) is 19.3 Å². The number of anilines is 1. The summed E-state index contributed by atoms with van der Waals surface area (Å²) in [6.45, 7) is 0. The Morgan fingerprint density at radius 2 is 2.22 bits per heavy atom. The Labute approximate surface area is 112 Å². The molecule has 0 atom stereocenters. The molecule has 0 aliphatic heterocycles. The Hall–Kier alpha value is -1.53. The second kappa shape index (κ2) is 4.62. The van der Waals surface area contributed by atoms with Crippen LogP contribution in [0.15, 0.2) is 12.1 Å². The maximum atomic E-state index is 11.9. The Bertz CT molecular complexity index is 574. The highest BCUT2D eigenvalue weighted by molar-refractivity contribution is 7.15. The predicted molar refractivity (Wildman–Crippen MR) is 69.1 cm³/mol. The lowest BCUT2D eigenvalue weighted by atomic mass is 10.4. The Kier molecular flexibility index (Phi) is 2.97. The number of carbonyl (C=O) groups excluding carboxylic acids is 1. The highest BCUT2D eigenvalue weighted by Crippen LogP contribution is 2.30. The van der Waals surface area contributed by atoms with Gasteiger partial charge >= 0.3 is 0 Å². The van der Waals surface area contributed by atoms with E-state index in [2.05, 4.69) is 20.5 Å². The minimum Gasteiger partial charge on any atom is -0.296 e. The van der Waals surface area contributed by atoms with E-state index in [0.29, 0.717) is 5.13 Å². The van der Waals surface area contributed by atoms with Crippen LogP contribution in [-0.2, 0) is 12.8 Å². The minimum atomic E-state index is -0.313. The number of nitrogens with zero attached hydrogens (tertiary/aromatic N) is 3. The summed E-state index contributed by atoms with van der Waals surface area (Å²) in [6, 6.07) is 3.07. The van der Waals surface area contributed by atoms with Crippen molar-refractivity contribution in [3.8, 4) is 0 Å². The van der Waals surface area contributed by atoms with Gasteiger partial charge in [-0.2, -0.15) is 0 Å². The maximum absolute atomic E-state index is 11.9. The highest BCUT2D eigenvalue weighted by Gasteiger charge is 2.18. The number of amides is 1. The van der Waals surface area contributed by atoms with Gasteiger partial charge in [-0.15, -0.1) is 21.5 Å². The van der Waals surface area contributed by atoms with Crippen LogP contribution in [0.2, 0.25) is 5.15 Å². The normalized spacial score (nSPS) is 13.4. The summed E-state index contributed by atoms with van der Waals surface area (Å²) in [7, 11) is 0. The molecule has 1 amide bonds. The molecule has 92 valence electrons.